The van der Waals surface area contributed by atoms with Gasteiger partial charge >= 0.3 is 0 Å². The molecule has 1 aliphatic heterocycles. The van der Waals surface area contributed by atoms with Gasteiger partial charge in [-0.1, -0.05) is 30.3 Å². The highest BCUT2D eigenvalue weighted by Crippen LogP contribution is 2.23. The molecule has 1 saturated heterocycles. The van der Waals surface area contributed by atoms with Gasteiger partial charge in [-0.3, -0.25) is 9.59 Å². The second kappa shape index (κ2) is 7.57. The number of carbonyl (C=O) groups is 2. The van der Waals surface area contributed by atoms with Crippen molar-refractivity contribution in [2.24, 2.45) is 0 Å². The largest absolute Gasteiger partial charge is 0.361 e. The molecule has 1 N–H and O–H groups in total. The highest BCUT2D eigenvalue weighted by Gasteiger charge is 2.29. The molecule has 140 valence electrons. The van der Waals surface area contributed by atoms with Crippen LogP contribution in [-0.4, -0.2) is 41.3 Å². The minimum Gasteiger partial charge on any atom is -0.361 e. The first kappa shape index (κ1) is 17.8. The van der Waals surface area contributed by atoms with E-state index in [1.807, 2.05) is 36.5 Å². The topological polar surface area (TPSA) is 80.2 Å². The summed E-state index contributed by atoms with van der Waals surface area (Å²) in [6.07, 6.45) is 2.94. The molecule has 0 atom stereocenters. The molecule has 4 rings (SSSR count). The molecule has 28 heavy (non-hydrogen) atoms. The van der Waals surface area contributed by atoms with Gasteiger partial charge in [0.1, 0.15) is 12.6 Å². The van der Waals surface area contributed by atoms with Gasteiger partial charge in [-0.05, 0) is 30.2 Å². The predicted molar refractivity (Wildman–Crippen MR) is 107 cm³/mol. The number of hydrogen-bond donors (Lipinski definition) is 1. The predicted octanol–water partition coefficient (Wildman–Crippen LogP) is 2.85. The van der Waals surface area contributed by atoms with E-state index in [1.165, 1.54) is 0 Å². The molecule has 1 aliphatic rings. The van der Waals surface area contributed by atoms with Crippen molar-refractivity contribution >= 4 is 28.4 Å². The van der Waals surface area contributed by atoms with Crippen molar-refractivity contribution in [1.82, 2.24) is 9.88 Å². The molecule has 2 heterocycles. The Labute approximate surface area is 163 Å². The molecule has 0 radical (unpaired) electrons. The Morgan fingerprint density at radius 2 is 1.89 bits per heavy atom. The monoisotopic (exact) mass is 372 g/mol. The number of rotatable bonds is 4. The van der Waals surface area contributed by atoms with Crippen LogP contribution < -0.4 is 4.90 Å². The van der Waals surface area contributed by atoms with Gasteiger partial charge in [-0.15, -0.1) is 0 Å². The maximum Gasteiger partial charge on any atom is 0.246 e. The fraction of sp³-hybridized carbons (Fsp3) is 0.227. The molecule has 0 spiro atoms. The van der Waals surface area contributed by atoms with Crippen LogP contribution in [0.3, 0.4) is 0 Å². The van der Waals surface area contributed by atoms with Gasteiger partial charge in [0.15, 0.2) is 0 Å². The Morgan fingerprint density at radius 3 is 2.71 bits per heavy atom. The van der Waals surface area contributed by atoms with Crippen molar-refractivity contribution < 1.29 is 9.59 Å². The van der Waals surface area contributed by atoms with Crippen LogP contribution in [0.4, 0.5) is 5.69 Å². The summed E-state index contributed by atoms with van der Waals surface area (Å²) in [5.41, 5.74) is 3.25. The number of nitriles is 1. The molecular formula is C22H20N4O2. The van der Waals surface area contributed by atoms with E-state index in [2.05, 4.69) is 11.1 Å². The van der Waals surface area contributed by atoms with Crippen LogP contribution in [0.25, 0.3) is 10.9 Å². The quantitative estimate of drug-likeness (QED) is 0.765. The number of aryl methyl sites for hydroxylation is 1. The van der Waals surface area contributed by atoms with Crippen molar-refractivity contribution in [1.29, 1.82) is 5.26 Å². The lowest BCUT2D eigenvalue weighted by molar-refractivity contribution is -0.136. The van der Waals surface area contributed by atoms with Crippen LogP contribution in [0, 0.1) is 11.3 Å². The Hall–Kier alpha value is -3.59. The molecule has 0 aliphatic carbocycles. The fourth-order valence-electron chi connectivity index (χ4n) is 3.68. The molecule has 6 heteroatoms. The Morgan fingerprint density at radius 1 is 1.11 bits per heavy atom. The molecular weight excluding hydrogens is 352 g/mol. The van der Waals surface area contributed by atoms with E-state index >= 15 is 0 Å². The summed E-state index contributed by atoms with van der Waals surface area (Å²) in [5.74, 6) is -0.179. The van der Waals surface area contributed by atoms with Crippen LogP contribution in [0.1, 0.15) is 17.5 Å². The molecule has 0 saturated carbocycles. The number of nitrogens with zero attached hydrogens (tertiary/aromatic N) is 3. The SMILES string of the molecule is N#Cc1ccccc1N1CCN(C(=O)CCc2c[nH]c3ccccc23)CC1=O. The van der Waals surface area contributed by atoms with Crippen LogP contribution in [-0.2, 0) is 16.0 Å². The highest BCUT2D eigenvalue weighted by atomic mass is 16.2. The zero-order chi connectivity index (χ0) is 19.5. The Bertz CT molecular complexity index is 1080. The van der Waals surface area contributed by atoms with Crippen molar-refractivity contribution in [3.8, 4) is 6.07 Å². The maximum absolute atomic E-state index is 12.6. The second-order valence-electron chi connectivity index (χ2n) is 6.85. The molecule has 2 aromatic carbocycles. The molecule has 6 nitrogen and oxygen atoms in total. The van der Waals surface area contributed by atoms with Crippen LogP contribution >= 0.6 is 0 Å². The number of H-pyrrole nitrogens is 1. The normalized spacial score (nSPS) is 14.3. The van der Waals surface area contributed by atoms with E-state index in [4.69, 9.17) is 0 Å². The van der Waals surface area contributed by atoms with E-state index in [9.17, 15) is 14.9 Å². The first-order chi connectivity index (χ1) is 13.7. The highest BCUT2D eigenvalue weighted by molar-refractivity contribution is 5.99. The lowest BCUT2D eigenvalue weighted by Gasteiger charge is -2.34. The van der Waals surface area contributed by atoms with E-state index < -0.39 is 0 Å². The van der Waals surface area contributed by atoms with E-state index in [-0.39, 0.29) is 18.4 Å². The average Bonchev–Trinajstić information content (AvgIpc) is 3.15. The number of piperazine rings is 1. The summed E-state index contributed by atoms with van der Waals surface area (Å²) in [7, 11) is 0. The minimum absolute atomic E-state index is 0.0214. The van der Waals surface area contributed by atoms with Crippen molar-refractivity contribution in [2.75, 3.05) is 24.5 Å². The molecule has 0 unspecified atom stereocenters. The van der Waals surface area contributed by atoms with Gasteiger partial charge in [0.2, 0.25) is 11.8 Å². The van der Waals surface area contributed by atoms with Gasteiger partial charge in [0, 0.05) is 36.6 Å². The molecule has 1 fully saturated rings. The number of aromatic nitrogens is 1. The number of nitrogens with one attached hydrogen (secondary N) is 1. The van der Waals surface area contributed by atoms with E-state index in [1.54, 1.807) is 28.0 Å². The lowest BCUT2D eigenvalue weighted by atomic mass is 10.1. The summed E-state index contributed by atoms with van der Waals surface area (Å²) >= 11 is 0. The fourth-order valence-corrected chi connectivity index (χ4v) is 3.68. The second-order valence-corrected chi connectivity index (χ2v) is 6.85. The van der Waals surface area contributed by atoms with Gasteiger partial charge in [0.25, 0.3) is 0 Å². The molecule has 1 aromatic heterocycles. The third kappa shape index (κ3) is 3.35. The van der Waals surface area contributed by atoms with Gasteiger partial charge in [-0.25, -0.2) is 0 Å². The first-order valence-corrected chi connectivity index (χ1v) is 9.29. The van der Waals surface area contributed by atoms with Crippen molar-refractivity contribution in [3.63, 3.8) is 0 Å². The maximum atomic E-state index is 12.6. The van der Waals surface area contributed by atoms with Crippen molar-refractivity contribution in [2.45, 2.75) is 12.8 Å². The zero-order valence-electron chi connectivity index (χ0n) is 15.4. The van der Waals surface area contributed by atoms with Crippen LogP contribution in [0.2, 0.25) is 0 Å². The molecule has 0 bridgehead atoms. The summed E-state index contributed by atoms with van der Waals surface area (Å²) in [6.45, 7) is 0.918. The number of carbonyl (C=O) groups excluding carboxylic acids is 2. The Kier molecular flexibility index (Phi) is 4.81. The van der Waals surface area contributed by atoms with Crippen LogP contribution in [0.5, 0.6) is 0 Å². The molecule has 3 aromatic rings. The van der Waals surface area contributed by atoms with Gasteiger partial charge in [-0.2, -0.15) is 5.26 Å². The third-order valence-corrected chi connectivity index (χ3v) is 5.17. The summed E-state index contributed by atoms with van der Waals surface area (Å²) < 4.78 is 0. The third-order valence-electron chi connectivity index (χ3n) is 5.17. The van der Waals surface area contributed by atoms with Gasteiger partial charge < -0.3 is 14.8 Å². The summed E-state index contributed by atoms with van der Waals surface area (Å²) in [5, 5.41) is 10.4. The number of amides is 2. The Balaban J connectivity index is 1.39. The van der Waals surface area contributed by atoms with Gasteiger partial charge in [0.05, 0.1) is 11.3 Å². The standard InChI is InChI=1S/C22H20N4O2/c23-13-16-5-1-4-8-20(16)26-12-11-25(15-22(26)28)21(27)10-9-17-14-24-19-7-3-2-6-18(17)19/h1-8,14,24H,9-12,15H2. The first-order valence-electron chi connectivity index (χ1n) is 9.29. The smallest absolute Gasteiger partial charge is 0.246 e. The number of aromatic amines is 1. The number of fused-ring (bicyclic) bond motifs is 1. The minimum atomic E-state index is -0.158. The molecule has 2 amide bonds. The van der Waals surface area contributed by atoms with Crippen molar-refractivity contribution in [3.05, 3.63) is 65.9 Å². The summed E-state index contributed by atoms with van der Waals surface area (Å²) in [4.78, 5) is 31.7. The van der Waals surface area contributed by atoms with E-state index in [0.29, 0.717) is 37.2 Å². The number of anilines is 1. The summed E-state index contributed by atoms with van der Waals surface area (Å²) in [6, 6.07) is 17.2. The average molecular weight is 372 g/mol. The number of benzene rings is 2. The zero-order valence-corrected chi connectivity index (χ0v) is 15.4. The van der Waals surface area contributed by atoms with Crippen LogP contribution in [0.15, 0.2) is 54.7 Å². The lowest BCUT2D eigenvalue weighted by Crippen LogP contribution is -2.52. The number of hydrogen-bond acceptors (Lipinski definition) is 3. The van der Waals surface area contributed by atoms with E-state index in [0.717, 1.165) is 16.5 Å². The number of para-hydroxylation sites is 2.